The van der Waals surface area contributed by atoms with Gasteiger partial charge in [-0.25, -0.2) is 18.7 Å². The van der Waals surface area contributed by atoms with Crippen molar-refractivity contribution in [1.29, 1.82) is 0 Å². The fraction of sp³-hybridized carbons (Fsp3) is 0.273. The number of aromatic nitrogens is 4. The highest BCUT2D eigenvalue weighted by Gasteiger charge is 2.25. The average molecular weight is 409 g/mol. The van der Waals surface area contributed by atoms with Crippen molar-refractivity contribution >= 4 is 5.65 Å². The normalized spacial score (nSPS) is 17.0. The summed E-state index contributed by atoms with van der Waals surface area (Å²) in [5.41, 5.74) is 2.96. The number of aryl methyl sites for hydroxylation is 1. The smallest absolute Gasteiger partial charge is 0.137 e. The monoisotopic (exact) mass is 409 g/mol. The lowest BCUT2D eigenvalue weighted by Gasteiger charge is -2.24. The second-order valence-corrected chi connectivity index (χ2v) is 7.49. The van der Waals surface area contributed by atoms with Crippen LogP contribution in [0.5, 0.6) is 0 Å². The fourth-order valence-corrected chi connectivity index (χ4v) is 3.91. The van der Waals surface area contributed by atoms with Crippen LogP contribution in [-0.2, 0) is 11.2 Å². The maximum absolute atomic E-state index is 15.2. The van der Waals surface area contributed by atoms with E-state index in [0.717, 1.165) is 17.8 Å². The van der Waals surface area contributed by atoms with E-state index in [0.29, 0.717) is 36.6 Å². The van der Waals surface area contributed by atoms with Gasteiger partial charge < -0.3 is 19.0 Å². The van der Waals surface area contributed by atoms with Crippen LogP contribution >= 0.6 is 0 Å². The minimum Gasteiger partial charge on any atom is -0.375 e. The van der Waals surface area contributed by atoms with Gasteiger partial charge in [-0.3, -0.25) is 0 Å². The van der Waals surface area contributed by atoms with E-state index in [1.165, 1.54) is 18.5 Å². The predicted molar refractivity (Wildman–Crippen MR) is 109 cm³/mol. The molecular weight excluding hydrogens is 388 g/mol. The van der Waals surface area contributed by atoms with Crippen molar-refractivity contribution in [1.82, 2.24) is 24.3 Å². The molecule has 1 aromatic carbocycles. The van der Waals surface area contributed by atoms with Gasteiger partial charge in [0.05, 0.1) is 41.7 Å². The summed E-state index contributed by atoms with van der Waals surface area (Å²) >= 11 is 0. The first kappa shape index (κ1) is 18.9. The first-order valence-corrected chi connectivity index (χ1v) is 9.88. The third-order valence-corrected chi connectivity index (χ3v) is 5.37. The molecule has 6 nitrogen and oxygen atoms in total. The third kappa shape index (κ3) is 3.38. The first-order chi connectivity index (χ1) is 14.6. The summed E-state index contributed by atoms with van der Waals surface area (Å²) < 4.78 is 39.7. The Balaban J connectivity index is 1.65. The van der Waals surface area contributed by atoms with Gasteiger partial charge in [0.2, 0.25) is 0 Å². The number of hydrogen-bond donors (Lipinski definition) is 1. The second kappa shape index (κ2) is 7.62. The topological polar surface area (TPSA) is 56.4 Å². The van der Waals surface area contributed by atoms with Gasteiger partial charge >= 0.3 is 0 Å². The molecule has 0 bridgehead atoms. The van der Waals surface area contributed by atoms with Crippen molar-refractivity contribution < 1.29 is 13.5 Å². The molecule has 1 saturated heterocycles. The molecule has 1 atom stereocenters. The number of benzene rings is 1. The van der Waals surface area contributed by atoms with Crippen molar-refractivity contribution in [3.63, 3.8) is 0 Å². The molecular formula is C22H21F2N5O. The summed E-state index contributed by atoms with van der Waals surface area (Å²) in [6, 6.07) is 6.47. The molecule has 30 heavy (non-hydrogen) atoms. The highest BCUT2D eigenvalue weighted by atomic mass is 19.1. The van der Waals surface area contributed by atoms with Crippen LogP contribution in [0.3, 0.4) is 0 Å². The Labute approximate surface area is 172 Å². The maximum Gasteiger partial charge on any atom is 0.137 e. The van der Waals surface area contributed by atoms with Gasteiger partial charge in [-0.15, -0.1) is 0 Å². The van der Waals surface area contributed by atoms with Crippen molar-refractivity contribution in [3.8, 4) is 16.9 Å². The van der Waals surface area contributed by atoms with Crippen LogP contribution in [-0.4, -0.2) is 44.7 Å². The van der Waals surface area contributed by atoms with Crippen LogP contribution in [0.4, 0.5) is 8.78 Å². The summed E-state index contributed by atoms with van der Waals surface area (Å²) in [5.74, 6) is -1.33. The number of fused-ring (bicyclic) bond motifs is 1. The van der Waals surface area contributed by atoms with Crippen LogP contribution in [0.2, 0.25) is 0 Å². The molecule has 4 heterocycles. The Morgan fingerprint density at radius 2 is 2.03 bits per heavy atom. The summed E-state index contributed by atoms with van der Waals surface area (Å²) in [5, 5.41) is 3.30. The van der Waals surface area contributed by atoms with Crippen molar-refractivity contribution in [2.45, 2.75) is 19.4 Å². The number of imidazole rings is 2. The molecule has 154 valence electrons. The lowest BCUT2D eigenvalue weighted by molar-refractivity contribution is 0.0286. The van der Waals surface area contributed by atoms with Gasteiger partial charge in [-0.1, -0.05) is 0 Å². The number of morpholine rings is 1. The zero-order valence-corrected chi connectivity index (χ0v) is 16.5. The zero-order valence-electron chi connectivity index (χ0n) is 16.5. The molecule has 5 rings (SSSR count). The van der Waals surface area contributed by atoms with Gasteiger partial charge in [-0.2, -0.15) is 0 Å². The van der Waals surface area contributed by atoms with Crippen LogP contribution in [0, 0.1) is 18.6 Å². The first-order valence-electron chi connectivity index (χ1n) is 9.88. The fourth-order valence-electron chi connectivity index (χ4n) is 3.91. The van der Waals surface area contributed by atoms with E-state index in [1.807, 2.05) is 29.7 Å². The average Bonchev–Trinajstić information content (AvgIpc) is 3.37. The van der Waals surface area contributed by atoms with Gasteiger partial charge in [0.1, 0.15) is 17.3 Å². The quantitative estimate of drug-likeness (QED) is 0.562. The molecule has 3 aromatic heterocycles. The molecule has 1 fully saturated rings. The molecule has 0 radical (unpaired) electrons. The highest BCUT2D eigenvalue weighted by molar-refractivity contribution is 5.69. The number of ether oxygens (including phenoxy) is 1. The molecule has 4 aromatic rings. The predicted octanol–water partition coefficient (Wildman–Crippen LogP) is 3.30. The molecule has 1 aliphatic rings. The Morgan fingerprint density at radius 3 is 2.73 bits per heavy atom. The van der Waals surface area contributed by atoms with Crippen LogP contribution in [0.1, 0.15) is 11.3 Å². The molecule has 0 spiro atoms. The number of nitrogens with zero attached hydrogens (tertiary/aromatic N) is 4. The Kier molecular flexibility index (Phi) is 4.80. The highest BCUT2D eigenvalue weighted by Crippen LogP contribution is 2.32. The van der Waals surface area contributed by atoms with Crippen LogP contribution in [0.25, 0.3) is 22.6 Å². The van der Waals surface area contributed by atoms with Gasteiger partial charge in [0, 0.05) is 38.1 Å². The van der Waals surface area contributed by atoms with Crippen LogP contribution in [0.15, 0.2) is 49.2 Å². The molecule has 0 amide bonds. The maximum atomic E-state index is 15.2. The third-order valence-electron chi connectivity index (χ3n) is 5.37. The number of nitrogens with one attached hydrogen (secondary N) is 1. The zero-order chi connectivity index (χ0) is 20.7. The molecule has 0 aliphatic carbocycles. The lowest BCUT2D eigenvalue weighted by Crippen LogP contribution is -2.39. The van der Waals surface area contributed by atoms with Gasteiger partial charge in [0.15, 0.2) is 0 Å². The van der Waals surface area contributed by atoms with E-state index in [4.69, 9.17) is 4.74 Å². The summed E-state index contributed by atoms with van der Waals surface area (Å²) in [6.07, 6.45) is 7.00. The molecule has 1 aliphatic heterocycles. The lowest BCUT2D eigenvalue weighted by atomic mass is 10.0. The minimum absolute atomic E-state index is 0.0879. The summed E-state index contributed by atoms with van der Waals surface area (Å²) in [4.78, 5) is 8.55. The molecule has 1 N–H and O–H groups in total. The van der Waals surface area contributed by atoms with E-state index in [2.05, 4.69) is 15.3 Å². The van der Waals surface area contributed by atoms with Gasteiger partial charge in [-0.05, 0) is 36.8 Å². The molecule has 0 saturated carbocycles. The van der Waals surface area contributed by atoms with Crippen molar-refractivity contribution in [3.05, 3.63) is 72.1 Å². The molecule has 1 unspecified atom stereocenters. The van der Waals surface area contributed by atoms with Crippen LogP contribution < -0.4 is 5.32 Å². The summed E-state index contributed by atoms with van der Waals surface area (Å²) in [7, 11) is 0. The second-order valence-electron chi connectivity index (χ2n) is 7.49. The summed E-state index contributed by atoms with van der Waals surface area (Å²) in [6.45, 7) is 4.05. The number of halogens is 2. The van der Waals surface area contributed by atoms with Gasteiger partial charge in [0.25, 0.3) is 0 Å². The van der Waals surface area contributed by atoms with E-state index in [-0.39, 0.29) is 11.7 Å². The number of hydrogen-bond acceptors (Lipinski definition) is 4. The van der Waals surface area contributed by atoms with E-state index in [9.17, 15) is 0 Å². The van der Waals surface area contributed by atoms with E-state index >= 15 is 8.78 Å². The van der Waals surface area contributed by atoms with Crippen molar-refractivity contribution in [2.75, 3.05) is 19.7 Å². The Hall–Kier alpha value is -3.10. The Bertz CT molecular complexity index is 1170. The Morgan fingerprint density at radius 1 is 1.20 bits per heavy atom. The van der Waals surface area contributed by atoms with E-state index in [1.54, 1.807) is 17.0 Å². The number of pyridine rings is 1. The standard InChI is InChI=1S/C22H21F2N5O/c1-14-2-5-29-19(11-16-12-25-4-7-30-16)22(27-20(29)8-14)21-17(23)9-15(10-18(21)24)28-6-3-26-13-28/h2-3,5-6,8-10,13,16,25H,4,7,11-12H2,1H3. The van der Waals surface area contributed by atoms with E-state index < -0.39 is 11.6 Å². The number of rotatable bonds is 4. The van der Waals surface area contributed by atoms with Crippen molar-refractivity contribution in [2.24, 2.45) is 0 Å². The minimum atomic E-state index is -0.664. The molecule has 8 heteroatoms. The SMILES string of the molecule is Cc1ccn2c(CC3CNCCO3)c(-c3c(F)cc(-n4ccnc4)cc3F)nc2c1. The largest absolute Gasteiger partial charge is 0.375 e.